The van der Waals surface area contributed by atoms with Gasteiger partial charge in [-0.2, -0.15) is 0 Å². The topological polar surface area (TPSA) is 69.9 Å². The Kier molecular flexibility index (Phi) is 7.08. The first-order valence-corrected chi connectivity index (χ1v) is 10.5. The van der Waals surface area contributed by atoms with Gasteiger partial charge in [0.1, 0.15) is 0 Å². The molecule has 0 aromatic heterocycles. The summed E-state index contributed by atoms with van der Waals surface area (Å²) in [5.41, 5.74) is 7.18. The number of piperazine rings is 1. The minimum atomic E-state index is -0.267. The zero-order valence-corrected chi connectivity index (χ0v) is 17.2. The summed E-state index contributed by atoms with van der Waals surface area (Å²) in [6.07, 6.45) is 1.53. The Balaban J connectivity index is 1.42. The number of carbonyl (C=O) groups excluding carboxylic acids is 2. The molecule has 0 spiro atoms. The predicted molar refractivity (Wildman–Crippen MR) is 111 cm³/mol. The van der Waals surface area contributed by atoms with Crippen LogP contribution in [0, 0.1) is 11.8 Å². The number of hydrogen-bond acceptors (Lipinski definition) is 4. The van der Waals surface area contributed by atoms with Gasteiger partial charge < -0.3 is 15.5 Å². The van der Waals surface area contributed by atoms with E-state index in [1.807, 2.05) is 40.1 Å². The summed E-state index contributed by atoms with van der Waals surface area (Å²) in [7, 11) is 0. The number of benzene rings is 1. The number of piperidine rings is 1. The van der Waals surface area contributed by atoms with Crippen LogP contribution < -0.4 is 5.73 Å². The van der Waals surface area contributed by atoms with E-state index < -0.39 is 0 Å². The first-order chi connectivity index (χ1) is 13.4. The minimum absolute atomic E-state index is 0.0982. The Hall–Kier alpha value is -1.92. The number of likely N-dealkylation sites (tertiary alicyclic amines) is 1. The van der Waals surface area contributed by atoms with Crippen molar-refractivity contribution in [3.05, 3.63) is 35.9 Å². The maximum absolute atomic E-state index is 12.7. The molecule has 154 valence electrons. The number of rotatable bonds is 5. The molecule has 6 heteroatoms. The van der Waals surface area contributed by atoms with Crippen LogP contribution in [0.15, 0.2) is 30.3 Å². The molecule has 2 aliphatic rings. The lowest BCUT2D eigenvalue weighted by atomic mass is 9.92. The summed E-state index contributed by atoms with van der Waals surface area (Å²) in [6.45, 7) is 9.48. The lowest BCUT2D eigenvalue weighted by molar-refractivity contribution is -0.137. The summed E-state index contributed by atoms with van der Waals surface area (Å²) < 4.78 is 0. The summed E-state index contributed by atoms with van der Waals surface area (Å²) >= 11 is 0. The average Bonchev–Trinajstić information content (AvgIpc) is 2.68. The average molecular weight is 387 g/mol. The van der Waals surface area contributed by atoms with Gasteiger partial charge in [0.25, 0.3) is 0 Å². The molecule has 2 heterocycles. The fraction of sp³-hybridized carbons (Fsp3) is 0.636. The maximum Gasteiger partial charge on any atom is 0.236 e. The van der Waals surface area contributed by atoms with Crippen molar-refractivity contribution in [1.29, 1.82) is 0 Å². The standard InChI is InChI=1S/C22H34N4O2/c1-17-12-18(2)15-26(14-17)22(28)16-24-8-10-25(11-9-24)21(27)13-20(23)19-6-4-3-5-7-19/h3-7,17-18,20H,8-16,23H2,1-2H3. The van der Waals surface area contributed by atoms with Gasteiger partial charge in [0, 0.05) is 51.7 Å². The third-order valence-corrected chi connectivity index (χ3v) is 5.93. The molecule has 2 fully saturated rings. The van der Waals surface area contributed by atoms with Crippen molar-refractivity contribution in [2.24, 2.45) is 17.6 Å². The molecule has 0 saturated carbocycles. The normalized spacial score (nSPS) is 24.8. The van der Waals surface area contributed by atoms with Crippen molar-refractivity contribution in [2.45, 2.75) is 32.7 Å². The summed E-state index contributed by atoms with van der Waals surface area (Å²) in [5.74, 6) is 1.48. The van der Waals surface area contributed by atoms with Crippen LogP contribution in [0.25, 0.3) is 0 Å². The van der Waals surface area contributed by atoms with Gasteiger partial charge in [-0.05, 0) is 23.8 Å². The largest absolute Gasteiger partial charge is 0.341 e. The van der Waals surface area contributed by atoms with Crippen molar-refractivity contribution >= 4 is 11.8 Å². The van der Waals surface area contributed by atoms with Crippen LogP contribution in [-0.2, 0) is 9.59 Å². The lowest BCUT2D eigenvalue weighted by Gasteiger charge is -2.38. The maximum atomic E-state index is 12.7. The molecule has 1 aromatic rings. The van der Waals surface area contributed by atoms with Crippen LogP contribution in [0.2, 0.25) is 0 Å². The fourth-order valence-corrected chi connectivity index (χ4v) is 4.45. The van der Waals surface area contributed by atoms with E-state index in [1.165, 1.54) is 6.42 Å². The highest BCUT2D eigenvalue weighted by Crippen LogP contribution is 2.21. The fourth-order valence-electron chi connectivity index (χ4n) is 4.45. The molecule has 0 aliphatic carbocycles. The van der Waals surface area contributed by atoms with Gasteiger partial charge in [-0.15, -0.1) is 0 Å². The van der Waals surface area contributed by atoms with E-state index in [2.05, 4.69) is 18.7 Å². The van der Waals surface area contributed by atoms with E-state index in [9.17, 15) is 9.59 Å². The van der Waals surface area contributed by atoms with Crippen LogP contribution in [0.1, 0.15) is 38.3 Å². The van der Waals surface area contributed by atoms with Crippen LogP contribution in [0.3, 0.4) is 0 Å². The molecule has 28 heavy (non-hydrogen) atoms. The van der Waals surface area contributed by atoms with E-state index >= 15 is 0 Å². The Morgan fingerprint density at radius 2 is 1.57 bits per heavy atom. The van der Waals surface area contributed by atoms with Crippen LogP contribution >= 0.6 is 0 Å². The van der Waals surface area contributed by atoms with E-state index in [4.69, 9.17) is 5.73 Å². The second kappa shape index (κ2) is 9.52. The van der Waals surface area contributed by atoms with E-state index in [0.717, 1.165) is 31.7 Å². The Bertz CT molecular complexity index is 648. The highest BCUT2D eigenvalue weighted by molar-refractivity contribution is 5.79. The van der Waals surface area contributed by atoms with E-state index in [1.54, 1.807) is 0 Å². The molecule has 2 aliphatic heterocycles. The highest BCUT2D eigenvalue weighted by Gasteiger charge is 2.28. The van der Waals surface area contributed by atoms with Gasteiger partial charge in [0.05, 0.1) is 6.54 Å². The Labute approximate surface area is 168 Å². The number of hydrogen-bond donors (Lipinski definition) is 1. The van der Waals surface area contributed by atoms with Crippen molar-refractivity contribution in [1.82, 2.24) is 14.7 Å². The second-order valence-electron chi connectivity index (χ2n) is 8.62. The third-order valence-electron chi connectivity index (χ3n) is 5.93. The summed E-state index contributed by atoms with van der Waals surface area (Å²) in [6, 6.07) is 9.49. The molecule has 3 atom stereocenters. The van der Waals surface area contributed by atoms with Gasteiger partial charge >= 0.3 is 0 Å². The number of amides is 2. The lowest BCUT2D eigenvalue weighted by Crippen LogP contribution is -2.53. The third kappa shape index (κ3) is 5.55. The number of nitrogens with two attached hydrogens (primary N) is 1. The van der Waals surface area contributed by atoms with Gasteiger partial charge in [-0.25, -0.2) is 0 Å². The molecule has 1 aromatic carbocycles. The van der Waals surface area contributed by atoms with Gasteiger partial charge in [0.15, 0.2) is 0 Å². The monoisotopic (exact) mass is 386 g/mol. The van der Waals surface area contributed by atoms with Gasteiger partial charge in [-0.3, -0.25) is 14.5 Å². The van der Waals surface area contributed by atoms with E-state index in [0.29, 0.717) is 37.9 Å². The predicted octanol–water partition coefficient (Wildman–Crippen LogP) is 1.73. The minimum Gasteiger partial charge on any atom is -0.341 e. The SMILES string of the molecule is CC1CC(C)CN(C(=O)CN2CCN(C(=O)CC(N)c3ccccc3)CC2)C1. The van der Waals surface area contributed by atoms with Gasteiger partial charge in [-0.1, -0.05) is 44.2 Å². The molecule has 0 bridgehead atoms. The molecular formula is C22H34N4O2. The molecule has 6 nitrogen and oxygen atoms in total. The van der Waals surface area contributed by atoms with Crippen molar-refractivity contribution in [3.8, 4) is 0 Å². The van der Waals surface area contributed by atoms with Crippen molar-refractivity contribution < 1.29 is 9.59 Å². The Morgan fingerprint density at radius 1 is 0.964 bits per heavy atom. The smallest absolute Gasteiger partial charge is 0.236 e. The summed E-state index contributed by atoms with van der Waals surface area (Å²) in [4.78, 5) is 31.3. The van der Waals surface area contributed by atoms with Crippen LogP contribution in [0.5, 0.6) is 0 Å². The van der Waals surface area contributed by atoms with E-state index in [-0.39, 0.29) is 17.9 Å². The highest BCUT2D eigenvalue weighted by atomic mass is 16.2. The summed E-state index contributed by atoms with van der Waals surface area (Å²) in [5, 5.41) is 0. The second-order valence-corrected chi connectivity index (χ2v) is 8.62. The number of nitrogens with zero attached hydrogens (tertiary/aromatic N) is 3. The zero-order chi connectivity index (χ0) is 20.1. The van der Waals surface area contributed by atoms with Crippen molar-refractivity contribution in [2.75, 3.05) is 45.8 Å². The Morgan fingerprint density at radius 3 is 2.18 bits per heavy atom. The molecule has 0 radical (unpaired) electrons. The zero-order valence-electron chi connectivity index (χ0n) is 17.2. The van der Waals surface area contributed by atoms with Gasteiger partial charge in [0.2, 0.25) is 11.8 Å². The molecule has 2 saturated heterocycles. The quantitative estimate of drug-likeness (QED) is 0.837. The molecule has 2 amide bonds. The molecule has 3 rings (SSSR count). The first kappa shape index (κ1) is 20.8. The first-order valence-electron chi connectivity index (χ1n) is 10.5. The molecular weight excluding hydrogens is 352 g/mol. The molecule has 3 unspecified atom stereocenters. The number of carbonyl (C=O) groups is 2. The van der Waals surface area contributed by atoms with Crippen LogP contribution in [-0.4, -0.2) is 72.3 Å². The molecule has 2 N–H and O–H groups in total. The van der Waals surface area contributed by atoms with Crippen LogP contribution in [0.4, 0.5) is 0 Å². The van der Waals surface area contributed by atoms with Crippen molar-refractivity contribution in [3.63, 3.8) is 0 Å².